The van der Waals surface area contributed by atoms with E-state index >= 15 is 0 Å². The van der Waals surface area contributed by atoms with Crippen molar-refractivity contribution in [3.63, 3.8) is 0 Å². The highest BCUT2D eigenvalue weighted by molar-refractivity contribution is 5.34. The first-order chi connectivity index (χ1) is 7.77. The Balaban J connectivity index is 3.42. The normalized spacial score (nSPS) is 11.6. The highest BCUT2D eigenvalue weighted by Gasteiger charge is 2.38. The number of nitriles is 1. The van der Waals surface area contributed by atoms with E-state index in [9.17, 15) is 22.0 Å². The van der Waals surface area contributed by atoms with Crippen molar-refractivity contribution in [2.24, 2.45) is 0 Å². The molecule has 2 nitrogen and oxygen atoms in total. The Hall–Kier alpha value is -1.71. The minimum atomic E-state index is -4.93. The number of halogens is 5. The molecule has 0 N–H and O–H groups in total. The maximum atomic E-state index is 12.5. The molecule has 0 fully saturated rings. The summed E-state index contributed by atoms with van der Waals surface area (Å²) in [5.41, 5.74) is -2.76. The average Bonchev–Trinajstić information content (AvgIpc) is 2.19. The molecule has 1 rings (SSSR count). The zero-order chi connectivity index (χ0) is 13.2. The van der Waals surface area contributed by atoms with Gasteiger partial charge in [0.25, 0.3) is 6.43 Å². The van der Waals surface area contributed by atoms with Crippen LogP contribution in [0.15, 0.2) is 6.07 Å². The Morgan fingerprint density at radius 1 is 1.41 bits per heavy atom. The van der Waals surface area contributed by atoms with Gasteiger partial charge in [-0.25, -0.2) is 13.8 Å². The number of hydrogen-bond donors (Lipinski definition) is 0. The third kappa shape index (κ3) is 2.90. The van der Waals surface area contributed by atoms with E-state index in [1.807, 2.05) is 0 Å². The summed E-state index contributed by atoms with van der Waals surface area (Å²) in [6.07, 6.45) is -8.46. The molecule has 1 heterocycles. The summed E-state index contributed by atoms with van der Waals surface area (Å²) < 4.78 is 62.3. The second kappa shape index (κ2) is 4.65. The van der Waals surface area contributed by atoms with Crippen molar-refractivity contribution >= 4 is 0 Å². The Labute approximate surface area is 93.7 Å². The molecule has 17 heavy (non-hydrogen) atoms. The second-order valence-electron chi connectivity index (χ2n) is 3.30. The standard InChI is InChI=1S/C10H7F5N2/c1-5-6(2-3-16)4-7(9(11)12)8(17-5)10(13,14)15/h4,9H,2H2,1H3. The molecular weight excluding hydrogens is 243 g/mol. The van der Waals surface area contributed by atoms with Gasteiger partial charge in [-0.3, -0.25) is 0 Å². The topological polar surface area (TPSA) is 36.7 Å². The lowest BCUT2D eigenvalue weighted by Gasteiger charge is -2.14. The first-order valence-electron chi connectivity index (χ1n) is 4.50. The summed E-state index contributed by atoms with van der Waals surface area (Å²) in [6, 6.07) is 2.38. The molecule has 0 spiro atoms. The Morgan fingerprint density at radius 2 is 2.00 bits per heavy atom. The van der Waals surface area contributed by atoms with Crippen molar-refractivity contribution in [1.29, 1.82) is 5.26 Å². The molecule has 0 saturated heterocycles. The first-order valence-corrected chi connectivity index (χ1v) is 4.50. The smallest absolute Gasteiger partial charge is 0.248 e. The summed E-state index contributed by atoms with van der Waals surface area (Å²) in [7, 11) is 0. The van der Waals surface area contributed by atoms with Gasteiger partial charge in [0, 0.05) is 11.3 Å². The highest BCUT2D eigenvalue weighted by atomic mass is 19.4. The number of alkyl halides is 5. The molecule has 92 valence electrons. The van der Waals surface area contributed by atoms with Gasteiger partial charge < -0.3 is 0 Å². The van der Waals surface area contributed by atoms with Gasteiger partial charge in [0.2, 0.25) is 0 Å². The van der Waals surface area contributed by atoms with Gasteiger partial charge in [-0.15, -0.1) is 0 Å². The van der Waals surface area contributed by atoms with Crippen LogP contribution in [0.3, 0.4) is 0 Å². The molecule has 0 aliphatic rings. The van der Waals surface area contributed by atoms with E-state index in [4.69, 9.17) is 5.26 Å². The molecule has 0 bridgehead atoms. The molecular formula is C10H7F5N2. The summed E-state index contributed by atoms with van der Waals surface area (Å²) in [6.45, 7) is 1.25. The van der Waals surface area contributed by atoms with Gasteiger partial charge in [-0.2, -0.15) is 18.4 Å². The van der Waals surface area contributed by atoms with Crippen molar-refractivity contribution in [2.45, 2.75) is 25.9 Å². The van der Waals surface area contributed by atoms with Gasteiger partial charge in [-0.05, 0) is 18.6 Å². The molecule has 0 saturated carbocycles. The molecule has 0 amide bonds. The third-order valence-corrected chi connectivity index (χ3v) is 2.12. The van der Waals surface area contributed by atoms with Crippen molar-refractivity contribution in [2.75, 3.05) is 0 Å². The monoisotopic (exact) mass is 250 g/mol. The summed E-state index contributed by atoms with van der Waals surface area (Å²) in [5.74, 6) is 0. The van der Waals surface area contributed by atoms with Crippen molar-refractivity contribution in [1.82, 2.24) is 4.98 Å². The number of pyridine rings is 1. The lowest BCUT2D eigenvalue weighted by molar-refractivity contribution is -0.143. The lowest BCUT2D eigenvalue weighted by Crippen LogP contribution is -2.14. The van der Waals surface area contributed by atoms with Crippen LogP contribution in [0, 0.1) is 18.3 Å². The van der Waals surface area contributed by atoms with E-state index < -0.39 is 23.9 Å². The maximum Gasteiger partial charge on any atom is 0.433 e. The fourth-order valence-electron chi connectivity index (χ4n) is 1.32. The summed E-state index contributed by atoms with van der Waals surface area (Å²) >= 11 is 0. The minimum Gasteiger partial charge on any atom is -0.248 e. The van der Waals surface area contributed by atoms with Crippen LogP contribution in [0.1, 0.15) is 28.9 Å². The number of hydrogen-bond acceptors (Lipinski definition) is 2. The van der Waals surface area contributed by atoms with Gasteiger partial charge >= 0.3 is 6.18 Å². The predicted octanol–water partition coefficient (Wildman–Crippen LogP) is 3.41. The van der Waals surface area contributed by atoms with E-state index in [1.165, 1.54) is 6.92 Å². The van der Waals surface area contributed by atoms with Gasteiger partial charge in [0.1, 0.15) is 0 Å². The van der Waals surface area contributed by atoms with E-state index in [0.29, 0.717) is 6.07 Å². The van der Waals surface area contributed by atoms with E-state index in [1.54, 1.807) is 6.07 Å². The molecule has 0 aliphatic carbocycles. The fraction of sp³-hybridized carbons (Fsp3) is 0.400. The third-order valence-electron chi connectivity index (χ3n) is 2.12. The lowest BCUT2D eigenvalue weighted by atomic mass is 10.1. The van der Waals surface area contributed by atoms with Gasteiger partial charge in [-0.1, -0.05) is 0 Å². The Morgan fingerprint density at radius 3 is 2.41 bits per heavy atom. The highest BCUT2D eigenvalue weighted by Crippen LogP contribution is 2.35. The maximum absolute atomic E-state index is 12.5. The minimum absolute atomic E-state index is 0.0664. The zero-order valence-corrected chi connectivity index (χ0v) is 8.65. The second-order valence-corrected chi connectivity index (χ2v) is 3.30. The van der Waals surface area contributed by atoms with E-state index in [0.717, 1.165) is 0 Å². The zero-order valence-electron chi connectivity index (χ0n) is 8.65. The van der Waals surface area contributed by atoms with E-state index in [2.05, 4.69) is 4.98 Å². The molecule has 7 heteroatoms. The molecule has 0 radical (unpaired) electrons. The van der Waals surface area contributed by atoms with Gasteiger partial charge in [0.15, 0.2) is 5.69 Å². The van der Waals surface area contributed by atoms with Crippen LogP contribution in [0.4, 0.5) is 22.0 Å². The molecule has 1 aromatic rings. The van der Waals surface area contributed by atoms with Crippen LogP contribution in [0.5, 0.6) is 0 Å². The quantitative estimate of drug-likeness (QED) is 0.754. The van der Waals surface area contributed by atoms with Crippen LogP contribution in [-0.2, 0) is 12.6 Å². The van der Waals surface area contributed by atoms with Crippen LogP contribution in [-0.4, -0.2) is 4.98 Å². The molecule has 0 unspecified atom stereocenters. The van der Waals surface area contributed by atoms with Crippen LogP contribution in [0.2, 0.25) is 0 Å². The van der Waals surface area contributed by atoms with E-state index in [-0.39, 0.29) is 17.7 Å². The molecule has 1 aromatic heterocycles. The predicted molar refractivity (Wildman–Crippen MR) is 48.3 cm³/mol. The molecule has 0 aromatic carbocycles. The molecule has 0 aliphatic heterocycles. The Kier molecular flexibility index (Phi) is 3.66. The number of nitrogens with zero attached hydrogens (tertiary/aromatic N) is 2. The SMILES string of the molecule is Cc1nc(C(F)(F)F)c(C(F)F)cc1CC#N. The average molecular weight is 250 g/mol. The Bertz CT molecular complexity index is 459. The number of aryl methyl sites for hydroxylation is 1. The van der Waals surface area contributed by atoms with Crippen molar-refractivity contribution in [3.05, 3.63) is 28.6 Å². The largest absolute Gasteiger partial charge is 0.433 e. The van der Waals surface area contributed by atoms with Gasteiger partial charge in [0.05, 0.1) is 12.5 Å². The molecule has 0 atom stereocenters. The van der Waals surface area contributed by atoms with Crippen molar-refractivity contribution < 1.29 is 22.0 Å². The summed E-state index contributed by atoms with van der Waals surface area (Å²) in [4.78, 5) is 3.13. The fourth-order valence-corrected chi connectivity index (χ4v) is 1.32. The van der Waals surface area contributed by atoms with Crippen LogP contribution in [0.25, 0.3) is 0 Å². The van der Waals surface area contributed by atoms with Crippen LogP contribution < -0.4 is 0 Å². The number of rotatable bonds is 2. The summed E-state index contributed by atoms with van der Waals surface area (Å²) in [5, 5.41) is 8.42. The number of aromatic nitrogens is 1. The first kappa shape index (κ1) is 13.4. The van der Waals surface area contributed by atoms with Crippen LogP contribution >= 0.6 is 0 Å². The van der Waals surface area contributed by atoms with Crippen molar-refractivity contribution in [3.8, 4) is 6.07 Å².